The lowest BCUT2D eigenvalue weighted by Crippen LogP contribution is -2.41. The van der Waals surface area contributed by atoms with Gasteiger partial charge in [0.15, 0.2) is 0 Å². The number of carbonyl (C=O) groups is 2. The second kappa shape index (κ2) is 7.19. The highest BCUT2D eigenvalue weighted by Crippen LogP contribution is 2.15. The van der Waals surface area contributed by atoms with E-state index in [1.54, 1.807) is 23.9 Å². The van der Waals surface area contributed by atoms with Crippen LogP contribution in [-0.4, -0.2) is 29.3 Å². The van der Waals surface area contributed by atoms with Crippen LogP contribution in [0.4, 0.5) is 0 Å². The molecule has 1 amide bonds. The maximum atomic E-state index is 12.0. The lowest BCUT2D eigenvalue weighted by molar-refractivity contribution is -0.139. The SMILES string of the molecule is CSc1ccc(C(=O)N[C@@H](CC(C)C)C(=O)O)cc1. The van der Waals surface area contributed by atoms with Crippen molar-refractivity contribution >= 4 is 23.6 Å². The Kier molecular flexibility index (Phi) is 5.89. The average Bonchev–Trinajstić information content (AvgIpc) is 2.37. The van der Waals surface area contributed by atoms with Crippen LogP contribution < -0.4 is 5.32 Å². The Balaban J connectivity index is 2.72. The molecule has 0 fully saturated rings. The first-order valence-electron chi connectivity index (χ1n) is 6.11. The number of hydrogen-bond donors (Lipinski definition) is 2. The Labute approximate surface area is 117 Å². The molecule has 0 bridgehead atoms. The Morgan fingerprint density at radius 1 is 1.26 bits per heavy atom. The van der Waals surface area contributed by atoms with E-state index in [9.17, 15) is 9.59 Å². The summed E-state index contributed by atoms with van der Waals surface area (Å²) < 4.78 is 0. The van der Waals surface area contributed by atoms with Gasteiger partial charge in [0, 0.05) is 10.5 Å². The lowest BCUT2D eigenvalue weighted by atomic mass is 10.0. The fraction of sp³-hybridized carbons (Fsp3) is 0.429. The van der Waals surface area contributed by atoms with E-state index in [-0.39, 0.29) is 11.8 Å². The molecule has 104 valence electrons. The van der Waals surface area contributed by atoms with Gasteiger partial charge in [0.25, 0.3) is 5.91 Å². The van der Waals surface area contributed by atoms with Gasteiger partial charge < -0.3 is 10.4 Å². The summed E-state index contributed by atoms with van der Waals surface area (Å²) in [6.45, 7) is 3.85. The molecule has 0 saturated carbocycles. The second-order valence-electron chi connectivity index (χ2n) is 4.72. The van der Waals surface area contributed by atoms with E-state index < -0.39 is 12.0 Å². The number of benzene rings is 1. The number of carboxylic acid groups (broad SMARTS) is 1. The van der Waals surface area contributed by atoms with Crippen LogP contribution in [0.1, 0.15) is 30.6 Å². The summed E-state index contributed by atoms with van der Waals surface area (Å²) in [4.78, 5) is 24.1. The first kappa shape index (κ1) is 15.6. The topological polar surface area (TPSA) is 66.4 Å². The summed E-state index contributed by atoms with van der Waals surface area (Å²) in [5.41, 5.74) is 0.479. The number of thioether (sulfide) groups is 1. The molecule has 19 heavy (non-hydrogen) atoms. The van der Waals surface area contributed by atoms with Crippen molar-refractivity contribution in [3.8, 4) is 0 Å². The van der Waals surface area contributed by atoms with Crippen LogP contribution in [0.15, 0.2) is 29.2 Å². The summed E-state index contributed by atoms with van der Waals surface area (Å²) in [6.07, 6.45) is 2.38. The number of aliphatic carboxylic acids is 1. The fourth-order valence-corrected chi connectivity index (χ4v) is 2.09. The van der Waals surface area contributed by atoms with Crippen LogP contribution in [0, 0.1) is 5.92 Å². The van der Waals surface area contributed by atoms with E-state index in [1.807, 2.05) is 32.2 Å². The van der Waals surface area contributed by atoms with Crippen molar-refractivity contribution in [2.75, 3.05) is 6.26 Å². The standard InChI is InChI=1S/C14H19NO3S/c1-9(2)8-12(14(17)18)15-13(16)10-4-6-11(19-3)7-5-10/h4-7,9,12H,8H2,1-3H3,(H,15,16)(H,17,18)/t12-/m0/s1. The van der Waals surface area contributed by atoms with Crippen LogP contribution in [0.3, 0.4) is 0 Å². The third kappa shape index (κ3) is 4.95. The monoisotopic (exact) mass is 281 g/mol. The molecular formula is C14H19NO3S. The van der Waals surface area contributed by atoms with E-state index in [2.05, 4.69) is 5.32 Å². The minimum atomic E-state index is -0.997. The first-order valence-corrected chi connectivity index (χ1v) is 7.34. The molecule has 0 aliphatic carbocycles. The molecule has 0 saturated heterocycles. The molecule has 1 atom stereocenters. The highest BCUT2D eigenvalue weighted by molar-refractivity contribution is 7.98. The highest BCUT2D eigenvalue weighted by atomic mass is 32.2. The van der Waals surface area contributed by atoms with Crippen molar-refractivity contribution in [2.45, 2.75) is 31.2 Å². The highest BCUT2D eigenvalue weighted by Gasteiger charge is 2.21. The van der Waals surface area contributed by atoms with Gasteiger partial charge in [0.1, 0.15) is 6.04 Å². The molecule has 5 heteroatoms. The molecule has 4 nitrogen and oxygen atoms in total. The van der Waals surface area contributed by atoms with Crippen LogP contribution in [-0.2, 0) is 4.79 Å². The van der Waals surface area contributed by atoms with E-state index >= 15 is 0 Å². The molecule has 1 rings (SSSR count). The van der Waals surface area contributed by atoms with Gasteiger partial charge in [-0.25, -0.2) is 4.79 Å². The number of amides is 1. The fourth-order valence-electron chi connectivity index (χ4n) is 1.68. The largest absolute Gasteiger partial charge is 0.480 e. The van der Waals surface area contributed by atoms with E-state index in [0.717, 1.165) is 4.90 Å². The summed E-state index contributed by atoms with van der Waals surface area (Å²) >= 11 is 1.59. The van der Waals surface area contributed by atoms with Crippen LogP contribution in [0.5, 0.6) is 0 Å². The molecule has 0 unspecified atom stereocenters. The molecule has 1 aromatic rings. The summed E-state index contributed by atoms with van der Waals surface area (Å²) in [5.74, 6) is -1.14. The number of hydrogen-bond acceptors (Lipinski definition) is 3. The molecule has 0 aliphatic rings. The van der Waals surface area contributed by atoms with Gasteiger partial charge in [-0.1, -0.05) is 13.8 Å². The van der Waals surface area contributed by atoms with Gasteiger partial charge in [-0.2, -0.15) is 0 Å². The Bertz CT molecular complexity index is 443. The zero-order valence-corrected chi connectivity index (χ0v) is 12.2. The molecular weight excluding hydrogens is 262 g/mol. The van der Waals surface area contributed by atoms with E-state index in [0.29, 0.717) is 12.0 Å². The zero-order valence-electron chi connectivity index (χ0n) is 11.3. The van der Waals surface area contributed by atoms with Crippen LogP contribution >= 0.6 is 11.8 Å². The van der Waals surface area contributed by atoms with Crippen molar-refractivity contribution in [1.29, 1.82) is 0 Å². The molecule has 0 aromatic heterocycles. The van der Waals surface area contributed by atoms with Gasteiger partial charge in [-0.05, 0) is 42.9 Å². The predicted octanol–water partition coefficient (Wildman–Crippen LogP) is 2.64. The molecule has 0 spiro atoms. The van der Waals surface area contributed by atoms with Crippen LogP contribution in [0.25, 0.3) is 0 Å². The summed E-state index contributed by atoms with van der Waals surface area (Å²) in [7, 11) is 0. The normalized spacial score (nSPS) is 12.2. The maximum Gasteiger partial charge on any atom is 0.326 e. The van der Waals surface area contributed by atoms with Gasteiger partial charge in [0.05, 0.1) is 0 Å². The van der Waals surface area contributed by atoms with Crippen LogP contribution in [0.2, 0.25) is 0 Å². The van der Waals surface area contributed by atoms with Gasteiger partial charge in [-0.15, -0.1) is 11.8 Å². The lowest BCUT2D eigenvalue weighted by Gasteiger charge is -2.16. The van der Waals surface area contributed by atoms with E-state index in [4.69, 9.17) is 5.11 Å². The third-order valence-electron chi connectivity index (χ3n) is 2.66. The van der Waals surface area contributed by atoms with Crippen molar-refractivity contribution in [3.63, 3.8) is 0 Å². The number of rotatable bonds is 6. The zero-order chi connectivity index (χ0) is 14.4. The second-order valence-corrected chi connectivity index (χ2v) is 5.60. The van der Waals surface area contributed by atoms with Gasteiger partial charge in [-0.3, -0.25) is 4.79 Å². The minimum Gasteiger partial charge on any atom is -0.480 e. The molecule has 0 radical (unpaired) electrons. The number of nitrogens with one attached hydrogen (secondary N) is 1. The molecule has 1 aromatic carbocycles. The Hall–Kier alpha value is -1.49. The maximum absolute atomic E-state index is 12.0. The van der Waals surface area contributed by atoms with Gasteiger partial charge in [0.2, 0.25) is 0 Å². The average molecular weight is 281 g/mol. The smallest absolute Gasteiger partial charge is 0.326 e. The molecule has 0 aliphatic heterocycles. The number of carboxylic acids is 1. The summed E-state index contributed by atoms with van der Waals surface area (Å²) in [6, 6.07) is 6.26. The van der Waals surface area contributed by atoms with Gasteiger partial charge >= 0.3 is 5.97 Å². The Morgan fingerprint density at radius 3 is 2.26 bits per heavy atom. The first-order chi connectivity index (χ1) is 8.93. The summed E-state index contributed by atoms with van der Waals surface area (Å²) in [5, 5.41) is 11.6. The van der Waals surface area contributed by atoms with Crippen molar-refractivity contribution < 1.29 is 14.7 Å². The Morgan fingerprint density at radius 2 is 1.84 bits per heavy atom. The predicted molar refractivity (Wildman–Crippen MR) is 76.6 cm³/mol. The minimum absolute atomic E-state index is 0.209. The molecule has 2 N–H and O–H groups in total. The molecule has 0 heterocycles. The van der Waals surface area contributed by atoms with Crippen molar-refractivity contribution in [2.24, 2.45) is 5.92 Å². The van der Waals surface area contributed by atoms with Crippen molar-refractivity contribution in [1.82, 2.24) is 5.32 Å². The third-order valence-corrected chi connectivity index (χ3v) is 3.41. The van der Waals surface area contributed by atoms with E-state index in [1.165, 1.54) is 0 Å². The van der Waals surface area contributed by atoms with Crippen molar-refractivity contribution in [3.05, 3.63) is 29.8 Å². The number of carbonyl (C=O) groups excluding carboxylic acids is 1. The quantitative estimate of drug-likeness (QED) is 0.787.